The van der Waals surface area contributed by atoms with Gasteiger partial charge in [0.2, 0.25) is 35.4 Å². The number of rotatable bonds is 20. The van der Waals surface area contributed by atoms with Crippen molar-refractivity contribution in [3.8, 4) is 11.1 Å². The van der Waals surface area contributed by atoms with E-state index in [0.717, 1.165) is 59.9 Å². The van der Waals surface area contributed by atoms with Gasteiger partial charge in [0.05, 0.1) is 0 Å². The molecule has 3 aromatic carbocycles. The number of aliphatic carboxylic acids is 1. The largest absolute Gasteiger partial charge is 0.480 e. The summed E-state index contributed by atoms with van der Waals surface area (Å²) in [4.78, 5) is 119. The number of hydrogen-bond acceptors (Lipinski definition) is 9. The number of carboxylic acid groups (broad SMARTS) is 1. The van der Waals surface area contributed by atoms with Crippen molar-refractivity contribution in [2.24, 2.45) is 11.8 Å². The van der Waals surface area contributed by atoms with Crippen LogP contribution < -0.4 is 10.6 Å². The van der Waals surface area contributed by atoms with E-state index < -0.39 is 89.8 Å². The lowest BCUT2D eigenvalue weighted by atomic mass is 9.84. The van der Waals surface area contributed by atoms with E-state index in [1.165, 1.54) is 45.6 Å². The molecule has 7 rings (SSSR count). The zero-order valence-corrected chi connectivity index (χ0v) is 44.7. The second-order valence-electron chi connectivity index (χ2n) is 21.6. The summed E-state index contributed by atoms with van der Waals surface area (Å²) in [5, 5.41) is 16.1. The number of likely N-dealkylation sites (N-methyl/N-ethyl adjacent to an activating group) is 3. The normalized spacial score (nSPS) is 19.5. The Labute approximate surface area is 441 Å². The Morgan fingerprint density at radius 1 is 0.613 bits per heavy atom. The van der Waals surface area contributed by atoms with Gasteiger partial charge in [-0.15, -0.1) is 0 Å². The molecule has 17 nitrogen and oxygen atoms in total. The molecule has 3 aromatic rings. The van der Waals surface area contributed by atoms with Crippen LogP contribution in [0.2, 0.25) is 0 Å². The van der Waals surface area contributed by atoms with E-state index in [0.29, 0.717) is 32.1 Å². The number of carbonyl (C=O) groups excluding carboxylic acids is 7. The Kier molecular flexibility index (Phi) is 18.8. The van der Waals surface area contributed by atoms with Crippen LogP contribution >= 0.6 is 0 Å². The minimum absolute atomic E-state index is 0.0506. The summed E-state index contributed by atoms with van der Waals surface area (Å²) in [6.45, 7) is 7.64. The van der Waals surface area contributed by atoms with Crippen LogP contribution in [0.25, 0.3) is 11.1 Å². The van der Waals surface area contributed by atoms with Gasteiger partial charge in [-0.05, 0) is 92.0 Å². The van der Waals surface area contributed by atoms with Crippen LogP contribution in [0.15, 0.2) is 78.9 Å². The molecule has 7 atom stereocenters. The second-order valence-corrected chi connectivity index (χ2v) is 21.6. The maximum absolute atomic E-state index is 14.6. The highest BCUT2D eigenvalue weighted by Crippen LogP contribution is 2.44. The monoisotopic (exact) mass is 1030 g/mol. The summed E-state index contributed by atoms with van der Waals surface area (Å²) in [7, 11) is 4.45. The minimum Gasteiger partial charge on any atom is -0.480 e. The zero-order valence-electron chi connectivity index (χ0n) is 44.7. The lowest BCUT2D eigenvalue weighted by molar-refractivity contribution is -0.153. The quantitative estimate of drug-likeness (QED) is 0.116. The summed E-state index contributed by atoms with van der Waals surface area (Å²) in [6.07, 6.45) is 6.52. The average molecular weight is 1030 g/mol. The van der Waals surface area contributed by atoms with Crippen LogP contribution in [-0.2, 0) is 44.7 Å². The molecule has 7 amide bonds. The van der Waals surface area contributed by atoms with Gasteiger partial charge in [0.1, 0.15) is 48.9 Å². The summed E-state index contributed by atoms with van der Waals surface area (Å²) >= 11 is 0. The first-order chi connectivity index (χ1) is 35.9. The van der Waals surface area contributed by atoms with E-state index in [1.54, 1.807) is 38.1 Å². The van der Waals surface area contributed by atoms with Crippen molar-refractivity contribution in [2.45, 2.75) is 153 Å². The SMILES string of the molecule is CC(C)C[C@H](NC(=O)[C@H](CC1CCCCC1)NC(=O)[C@H](C)N(C)C(=O)[C@@H]1CCCN1C(=O)[C@H](C)N(C)C(=O)OCC1c2ccccc2-c2ccccc21)C(=O)N1CCC[C@H]1C(=O)N(C)[C@@H](Cc1ccccc1)C(=O)O. The van der Waals surface area contributed by atoms with Crippen molar-refractivity contribution in [2.75, 3.05) is 40.8 Å². The van der Waals surface area contributed by atoms with E-state index in [-0.39, 0.29) is 50.3 Å². The number of ether oxygens (including phenoxy) is 1. The number of carboxylic acids is 1. The summed E-state index contributed by atoms with van der Waals surface area (Å²) in [5.74, 6) is -4.20. The Morgan fingerprint density at radius 3 is 1.72 bits per heavy atom. The van der Waals surface area contributed by atoms with Gasteiger partial charge in [-0.1, -0.05) is 125 Å². The third-order valence-corrected chi connectivity index (χ3v) is 16.1. The van der Waals surface area contributed by atoms with E-state index in [1.807, 2.05) is 56.3 Å². The fourth-order valence-electron chi connectivity index (χ4n) is 11.5. The Hall–Kier alpha value is -6.78. The molecule has 0 aromatic heterocycles. The van der Waals surface area contributed by atoms with Crippen LogP contribution in [0.1, 0.15) is 121 Å². The molecule has 0 spiro atoms. The standard InChI is InChI=1S/C58H77N7O10/c1-36(2)32-47(54(69)65-31-19-29-49(65)56(71)63(7)50(57(72)73)34-40-22-12-9-13-23-40)60-52(67)46(33-39-20-10-8-11-21-39)59-51(66)37(3)61(5)55(70)48-28-18-30-64(48)53(68)38(4)62(6)58(74)75-35-45-43-26-16-14-24-41(43)42-25-15-17-27-44(42)45/h9,12-17,22-27,36-39,45-50H,8,10-11,18-21,28-35H2,1-7H3,(H,59,66)(H,60,67)(H,72,73)/t37-,38-,46-,47-,48-,49-,50-/m0/s1. The van der Waals surface area contributed by atoms with Crippen LogP contribution in [0.4, 0.5) is 4.79 Å². The number of nitrogens with zero attached hydrogens (tertiary/aromatic N) is 5. The molecule has 2 aliphatic carbocycles. The molecule has 3 fully saturated rings. The highest BCUT2D eigenvalue weighted by atomic mass is 16.6. The molecular formula is C58H77N7O10. The average Bonchev–Trinajstić information content (AvgIpc) is 4.19. The van der Waals surface area contributed by atoms with Crippen LogP contribution in [0, 0.1) is 11.8 Å². The molecule has 3 N–H and O–H groups in total. The van der Waals surface area contributed by atoms with Gasteiger partial charge in [0, 0.05) is 46.6 Å². The lowest BCUT2D eigenvalue weighted by Crippen LogP contribution is -2.59. The van der Waals surface area contributed by atoms with Crippen molar-refractivity contribution >= 4 is 47.5 Å². The molecule has 2 heterocycles. The van der Waals surface area contributed by atoms with Gasteiger partial charge in [0.15, 0.2) is 0 Å². The topological polar surface area (TPSA) is 206 Å². The predicted molar refractivity (Wildman–Crippen MR) is 283 cm³/mol. The van der Waals surface area contributed by atoms with Crippen molar-refractivity contribution in [1.82, 2.24) is 35.1 Å². The number of fused-ring (bicyclic) bond motifs is 3. The van der Waals surface area contributed by atoms with Gasteiger partial charge in [-0.2, -0.15) is 0 Å². The highest BCUT2D eigenvalue weighted by molar-refractivity contribution is 5.97. The van der Waals surface area contributed by atoms with Crippen molar-refractivity contribution in [1.29, 1.82) is 0 Å². The van der Waals surface area contributed by atoms with Gasteiger partial charge < -0.3 is 40.1 Å². The summed E-state index contributed by atoms with van der Waals surface area (Å²) in [6, 6.07) is 18.0. The van der Waals surface area contributed by atoms with Gasteiger partial charge in [-0.25, -0.2) is 9.59 Å². The number of benzene rings is 3. The highest BCUT2D eigenvalue weighted by Gasteiger charge is 2.44. The summed E-state index contributed by atoms with van der Waals surface area (Å²) < 4.78 is 5.84. The zero-order chi connectivity index (χ0) is 54.1. The van der Waals surface area contributed by atoms with Crippen LogP contribution in [-0.4, -0.2) is 160 Å². The Morgan fingerprint density at radius 2 is 1.15 bits per heavy atom. The predicted octanol–water partition coefficient (Wildman–Crippen LogP) is 6.23. The van der Waals surface area contributed by atoms with Gasteiger partial charge in [0.25, 0.3) is 0 Å². The van der Waals surface area contributed by atoms with Crippen molar-refractivity contribution in [3.05, 3.63) is 95.6 Å². The third kappa shape index (κ3) is 13.0. The second kappa shape index (κ2) is 25.2. The molecule has 75 heavy (non-hydrogen) atoms. The Bertz CT molecular complexity index is 2500. The van der Waals surface area contributed by atoms with Gasteiger partial charge >= 0.3 is 12.1 Å². The number of hydrogen-bond donors (Lipinski definition) is 3. The molecule has 404 valence electrons. The minimum atomic E-state index is -1.16. The molecule has 17 heteroatoms. The number of amides is 7. The molecule has 1 saturated carbocycles. The van der Waals surface area contributed by atoms with E-state index in [9.17, 15) is 43.5 Å². The van der Waals surface area contributed by atoms with Crippen molar-refractivity contribution in [3.63, 3.8) is 0 Å². The molecule has 2 aliphatic heterocycles. The first-order valence-electron chi connectivity index (χ1n) is 27.0. The van der Waals surface area contributed by atoms with E-state index >= 15 is 0 Å². The first kappa shape index (κ1) is 56.0. The fourth-order valence-corrected chi connectivity index (χ4v) is 11.5. The van der Waals surface area contributed by atoms with E-state index in [4.69, 9.17) is 4.74 Å². The van der Waals surface area contributed by atoms with E-state index in [2.05, 4.69) is 22.8 Å². The smallest absolute Gasteiger partial charge is 0.410 e. The molecule has 4 aliphatic rings. The maximum Gasteiger partial charge on any atom is 0.410 e. The van der Waals surface area contributed by atoms with Gasteiger partial charge in [-0.3, -0.25) is 33.7 Å². The molecule has 0 radical (unpaired) electrons. The Balaban J connectivity index is 0.984. The molecule has 0 unspecified atom stereocenters. The summed E-state index contributed by atoms with van der Waals surface area (Å²) in [5.41, 5.74) is 5.07. The molecular weight excluding hydrogens is 955 g/mol. The molecule has 2 saturated heterocycles. The number of carbonyl (C=O) groups is 8. The van der Waals surface area contributed by atoms with Crippen LogP contribution in [0.3, 0.4) is 0 Å². The van der Waals surface area contributed by atoms with Crippen LogP contribution in [0.5, 0.6) is 0 Å². The number of likely N-dealkylation sites (tertiary alicyclic amines) is 2. The first-order valence-corrected chi connectivity index (χ1v) is 27.0. The number of nitrogens with one attached hydrogen (secondary N) is 2. The third-order valence-electron chi connectivity index (χ3n) is 16.1. The fraction of sp³-hybridized carbons (Fsp3) is 0.552. The lowest BCUT2D eigenvalue weighted by Gasteiger charge is -2.35. The molecule has 0 bridgehead atoms. The van der Waals surface area contributed by atoms with Crippen molar-refractivity contribution < 1.29 is 48.2 Å². The maximum atomic E-state index is 14.6.